The van der Waals surface area contributed by atoms with Gasteiger partial charge in [-0.2, -0.15) is 0 Å². The van der Waals surface area contributed by atoms with Gasteiger partial charge in [-0.3, -0.25) is 0 Å². The molecule has 1 aromatic heterocycles. The maximum atomic E-state index is 5.81. The number of nitrogens with zero attached hydrogens (tertiary/aromatic N) is 1. The first-order valence-corrected chi connectivity index (χ1v) is 6.66. The van der Waals surface area contributed by atoms with Crippen molar-refractivity contribution in [1.29, 1.82) is 0 Å². The largest absolute Gasteiger partial charge is 0.439 e. The smallest absolute Gasteiger partial charge is 0.199 e. The summed E-state index contributed by atoms with van der Waals surface area (Å²) in [6.45, 7) is 4.94. The van der Waals surface area contributed by atoms with Crippen molar-refractivity contribution in [1.82, 2.24) is 4.98 Å². The summed E-state index contributed by atoms with van der Waals surface area (Å²) in [4.78, 5) is 4.52. The maximum absolute atomic E-state index is 5.81. The van der Waals surface area contributed by atoms with Crippen molar-refractivity contribution < 1.29 is 4.42 Å². The summed E-state index contributed by atoms with van der Waals surface area (Å²) >= 11 is 3.47. The summed E-state index contributed by atoms with van der Waals surface area (Å²) in [5, 5.41) is 0. The molecule has 3 nitrogen and oxygen atoms in total. The Morgan fingerprint density at radius 1 is 1.41 bits per heavy atom. The number of para-hydroxylation sites is 1. The monoisotopic (exact) mass is 296 g/mol. The van der Waals surface area contributed by atoms with Gasteiger partial charge in [-0.25, -0.2) is 4.98 Å². The van der Waals surface area contributed by atoms with Crippen molar-refractivity contribution in [2.45, 2.75) is 26.2 Å². The molecule has 92 valence electrons. The summed E-state index contributed by atoms with van der Waals surface area (Å²) < 4.78 is 6.75. The van der Waals surface area contributed by atoms with Gasteiger partial charge in [0.2, 0.25) is 0 Å². The van der Waals surface area contributed by atoms with Crippen LogP contribution in [0.15, 0.2) is 27.1 Å². The van der Waals surface area contributed by atoms with E-state index in [1.54, 1.807) is 0 Å². The van der Waals surface area contributed by atoms with E-state index < -0.39 is 0 Å². The van der Waals surface area contributed by atoms with Crippen molar-refractivity contribution in [3.8, 4) is 0 Å². The second-order valence-electron chi connectivity index (χ2n) is 4.70. The third-order valence-corrected chi connectivity index (χ3v) is 3.40. The lowest BCUT2D eigenvalue weighted by Gasteiger charge is -2.12. The molecular weight excluding hydrogens is 280 g/mol. The van der Waals surface area contributed by atoms with E-state index in [0.717, 1.165) is 27.9 Å². The van der Waals surface area contributed by atoms with Crippen molar-refractivity contribution in [2.75, 3.05) is 6.54 Å². The third-order valence-electron chi connectivity index (χ3n) is 2.77. The van der Waals surface area contributed by atoms with Crippen LogP contribution >= 0.6 is 15.9 Å². The molecule has 2 N–H and O–H groups in total. The Kier molecular flexibility index (Phi) is 3.84. The van der Waals surface area contributed by atoms with E-state index in [1.807, 2.05) is 18.2 Å². The number of oxazole rings is 1. The number of hydrogen-bond acceptors (Lipinski definition) is 3. The third kappa shape index (κ3) is 2.69. The van der Waals surface area contributed by atoms with Crippen LogP contribution in [-0.4, -0.2) is 11.5 Å². The van der Waals surface area contributed by atoms with Gasteiger partial charge in [0, 0.05) is 12.5 Å². The molecule has 1 heterocycles. The highest BCUT2D eigenvalue weighted by Crippen LogP contribution is 2.29. The number of fused-ring (bicyclic) bond motifs is 1. The Morgan fingerprint density at radius 2 is 2.18 bits per heavy atom. The SMILES string of the molecule is CC(C)CC(CN)c1nc2cccc(Br)c2o1. The summed E-state index contributed by atoms with van der Waals surface area (Å²) in [5.41, 5.74) is 7.50. The molecule has 0 spiro atoms. The van der Waals surface area contributed by atoms with Crippen LogP contribution in [0.3, 0.4) is 0 Å². The highest BCUT2D eigenvalue weighted by molar-refractivity contribution is 9.10. The molecule has 1 aromatic carbocycles. The minimum atomic E-state index is 0.203. The van der Waals surface area contributed by atoms with E-state index in [9.17, 15) is 0 Å². The quantitative estimate of drug-likeness (QED) is 0.936. The molecule has 0 fully saturated rings. The summed E-state index contributed by atoms with van der Waals surface area (Å²) in [6, 6.07) is 5.87. The Bertz CT molecular complexity index is 507. The lowest BCUT2D eigenvalue weighted by atomic mass is 9.97. The van der Waals surface area contributed by atoms with Crippen LogP contribution in [-0.2, 0) is 0 Å². The molecule has 1 unspecified atom stereocenters. The predicted octanol–water partition coefficient (Wildman–Crippen LogP) is 3.68. The first kappa shape index (κ1) is 12.6. The van der Waals surface area contributed by atoms with Crippen LogP contribution in [0.5, 0.6) is 0 Å². The van der Waals surface area contributed by atoms with Crippen molar-refractivity contribution in [2.24, 2.45) is 11.7 Å². The molecule has 0 bridgehead atoms. The molecule has 0 aliphatic rings. The lowest BCUT2D eigenvalue weighted by molar-refractivity contribution is 0.414. The van der Waals surface area contributed by atoms with E-state index in [1.165, 1.54) is 0 Å². The van der Waals surface area contributed by atoms with Gasteiger partial charge in [-0.1, -0.05) is 19.9 Å². The topological polar surface area (TPSA) is 52.0 Å². The van der Waals surface area contributed by atoms with Crippen LogP contribution in [0, 0.1) is 5.92 Å². The average Bonchev–Trinajstić information content (AvgIpc) is 2.70. The molecule has 0 radical (unpaired) electrons. The maximum Gasteiger partial charge on any atom is 0.199 e. The molecule has 0 saturated heterocycles. The molecule has 0 saturated carbocycles. The first-order valence-electron chi connectivity index (χ1n) is 5.86. The minimum Gasteiger partial charge on any atom is -0.439 e. The van der Waals surface area contributed by atoms with Gasteiger partial charge in [-0.05, 0) is 40.4 Å². The first-order chi connectivity index (χ1) is 8.11. The number of nitrogens with two attached hydrogens (primary N) is 1. The molecule has 2 rings (SSSR count). The summed E-state index contributed by atoms with van der Waals surface area (Å²) in [6.07, 6.45) is 1.00. The minimum absolute atomic E-state index is 0.203. The summed E-state index contributed by atoms with van der Waals surface area (Å²) in [5.74, 6) is 1.54. The van der Waals surface area contributed by atoms with E-state index in [4.69, 9.17) is 10.2 Å². The van der Waals surface area contributed by atoms with Gasteiger partial charge in [-0.15, -0.1) is 0 Å². The predicted molar refractivity (Wildman–Crippen MR) is 73.0 cm³/mol. The number of hydrogen-bond donors (Lipinski definition) is 1. The highest BCUT2D eigenvalue weighted by Gasteiger charge is 2.18. The van der Waals surface area contributed by atoms with Crippen molar-refractivity contribution in [3.05, 3.63) is 28.6 Å². The van der Waals surface area contributed by atoms with Crippen LogP contribution in [0.2, 0.25) is 0 Å². The average molecular weight is 297 g/mol. The zero-order valence-corrected chi connectivity index (χ0v) is 11.7. The van der Waals surface area contributed by atoms with Crippen molar-refractivity contribution in [3.63, 3.8) is 0 Å². The second kappa shape index (κ2) is 5.19. The number of benzene rings is 1. The van der Waals surface area contributed by atoms with E-state index in [2.05, 4.69) is 34.8 Å². The van der Waals surface area contributed by atoms with Gasteiger partial charge in [0.1, 0.15) is 5.52 Å². The molecule has 0 aliphatic carbocycles. The second-order valence-corrected chi connectivity index (χ2v) is 5.56. The molecule has 0 aliphatic heterocycles. The van der Waals surface area contributed by atoms with Gasteiger partial charge >= 0.3 is 0 Å². The highest BCUT2D eigenvalue weighted by atomic mass is 79.9. The van der Waals surface area contributed by atoms with Crippen LogP contribution < -0.4 is 5.73 Å². The Balaban J connectivity index is 2.37. The van der Waals surface area contributed by atoms with Gasteiger partial charge in [0.25, 0.3) is 0 Å². The molecular formula is C13H17BrN2O. The molecule has 17 heavy (non-hydrogen) atoms. The molecule has 2 aromatic rings. The van der Waals surface area contributed by atoms with E-state index in [-0.39, 0.29) is 5.92 Å². The number of rotatable bonds is 4. The standard InChI is InChI=1S/C13H17BrN2O/c1-8(2)6-9(7-15)13-16-11-5-3-4-10(14)12(11)17-13/h3-5,8-9H,6-7,15H2,1-2H3. The fourth-order valence-electron chi connectivity index (χ4n) is 1.97. The Morgan fingerprint density at radius 3 is 2.76 bits per heavy atom. The lowest BCUT2D eigenvalue weighted by Crippen LogP contribution is -2.14. The Labute approximate surface area is 110 Å². The molecule has 4 heteroatoms. The number of halogens is 1. The number of aromatic nitrogens is 1. The van der Waals surface area contributed by atoms with Crippen LogP contribution in [0.4, 0.5) is 0 Å². The van der Waals surface area contributed by atoms with Gasteiger partial charge < -0.3 is 10.2 Å². The molecule has 1 atom stereocenters. The van der Waals surface area contributed by atoms with Crippen LogP contribution in [0.1, 0.15) is 32.1 Å². The van der Waals surface area contributed by atoms with Crippen LogP contribution in [0.25, 0.3) is 11.1 Å². The summed E-state index contributed by atoms with van der Waals surface area (Å²) in [7, 11) is 0. The zero-order chi connectivity index (χ0) is 12.4. The van der Waals surface area contributed by atoms with Crippen molar-refractivity contribution >= 4 is 27.0 Å². The molecule has 0 amide bonds. The van der Waals surface area contributed by atoms with Gasteiger partial charge in [0.15, 0.2) is 11.5 Å². The fraction of sp³-hybridized carbons (Fsp3) is 0.462. The normalized spacial score (nSPS) is 13.5. The van der Waals surface area contributed by atoms with E-state index in [0.29, 0.717) is 12.5 Å². The Hall–Kier alpha value is -0.870. The zero-order valence-electron chi connectivity index (χ0n) is 10.1. The fourth-order valence-corrected chi connectivity index (χ4v) is 2.41. The van der Waals surface area contributed by atoms with Gasteiger partial charge in [0.05, 0.1) is 4.47 Å². The van der Waals surface area contributed by atoms with E-state index >= 15 is 0 Å².